The molecule has 0 aromatic heterocycles. The fourth-order valence-electron chi connectivity index (χ4n) is 3.32. The van der Waals surface area contributed by atoms with Crippen molar-refractivity contribution in [1.29, 1.82) is 5.41 Å². The zero-order valence-electron chi connectivity index (χ0n) is 20.7. The van der Waals surface area contributed by atoms with Crippen LogP contribution in [0.5, 0.6) is 0 Å². The minimum atomic E-state index is -1.16. The highest BCUT2D eigenvalue weighted by atomic mass is 16.4. The molecule has 9 nitrogen and oxygen atoms in total. The van der Waals surface area contributed by atoms with Crippen molar-refractivity contribution in [2.45, 2.75) is 128 Å². The van der Waals surface area contributed by atoms with Crippen LogP contribution in [0, 0.1) is 5.41 Å². The molecule has 0 aliphatic heterocycles. The second-order valence-corrected chi connectivity index (χ2v) is 8.67. The normalized spacial score (nSPS) is 12.3. The first-order valence-electron chi connectivity index (χ1n) is 12.7. The molecule has 0 fully saturated rings. The van der Waals surface area contributed by atoms with Gasteiger partial charge in [0.25, 0.3) is 0 Å². The number of nitrogens with one attached hydrogen (secondary N) is 2. The topological polar surface area (TPSA) is 183 Å². The van der Waals surface area contributed by atoms with Gasteiger partial charge in [-0.2, -0.15) is 0 Å². The van der Waals surface area contributed by atoms with E-state index in [0.29, 0.717) is 25.8 Å². The van der Waals surface area contributed by atoms with Gasteiger partial charge in [0, 0.05) is 6.54 Å². The Bertz CT molecular complexity index is 491. The van der Waals surface area contributed by atoms with Gasteiger partial charge in [-0.05, 0) is 19.3 Å². The van der Waals surface area contributed by atoms with Crippen molar-refractivity contribution in [3.8, 4) is 0 Å². The average Bonchev–Trinajstić information content (AvgIpc) is 2.76. The molecule has 2 unspecified atom stereocenters. The Hall–Kier alpha value is -1.87. The minimum Gasteiger partial charge on any atom is -0.480 e. The van der Waals surface area contributed by atoms with E-state index in [1.54, 1.807) is 0 Å². The van der Waals surface area contributed by atoms with E-state index in [0.717, 1.165) is 12.8 Å². The van der Waals surface area contributed by atoms with Gasteiger partial charge >= 0.3 is 11.9 Å². The number of aliphatic hydroxyl groups excluding tert-OH is 1. The molecular formula is C24H50N4O5. The molecule has 33 heavy (non-hydrogen) atoms. The second kappa shape index (κ2) is 24.8. The first-order chi connectivity index (χ1) is 15.7. The van der Waals surface area contributed by atoms with Crippen molar-refractivity contribution in [2.75, 3.05) is 6.54 Å². The van der Waals surface area contributed by atoms with Gasteiger partial charge in [0.05, 0.1) is 0 Å². The number of rotatable bonds is 21. The average molecular weight is 475 g/mol. The summed E-state index contributed by atoms with van der Waals surface area (Å²) >= 11 is 0. The maximum Gasteiger partial charge on any atom is 0.332 e. The summed E-state index contributed by atoms with van der Waals surface area (Å²) < 4.78 is 0. The van der Waals surface area contributed by atoms with Crippen molar-refractivity contribution < 1.29 is 24.9 Å². The summed E-state index contributed by atoms with van der Waals surface area (Å²) in [5, 5.41) is 35.4. The lowest BCUT2D eigenvalue weighted by Gasteiger charge is -2.06. The molecule has 9 heteroatoms. The van der Waals surface area contributed by atoms with E-state index >= 15 is 0 Å². The molecule has 0 spiro atoms. The molecule has 0 saturated carbocycles. The summed E-state index contributed by atoms with van der Waals surface area (Å²) in [5.41, 5.74) is 10.2. The molecule has 0 amide bonds. The Balaban J connectivity index is 0. The number of aliphatic carboxylic acids is 2. The van der Waals surface area contributed by atoms with Gasteiger partial charge < -0.3 is 32.1 Å². The maximum atomic E-state index is 10.4. The predicted octanol–water partition coefficient (Wildman–Crippen LogP) is 3.96. The number of guanidine groups is 1. The number of carboxylic acid groups (broad SMARTS) is 2. The van der Waals surface area contributed by atoms with Crippen molar-refractivity contribution >= 4 is 17.9 Å². The number of aliphatic hydroxyl groups is 1. The highest BCUT2D eigenvalue weighted by molar-refractivity contribution is 5.74. The third kappa shape index (κ3) is 28.1. The van der Waals surface area contributed by atoms with Crippen LogP contribution in [0.25, 0.3) is 0 Å². The Morgan fingerprint density at radius 3 is 1.55 bits per heavy atom. The summed E-state index contributed by atoms with van der Waals surface area (Å²) in [7, 11) is 0. The standard InChI is InChI=1S/C18H36O3.C6H14N4O2/c1-2-3-4-5-6-7-8-9-10-11-12-13-14-15-16-17(19)18(20)21;7-4(5(11)12)2-1-3-10-6(8)9/h17,19H,2-16H2,1H3,(H,20,21);4H,1-3,7H2,(H,11,12)(H4,8,9,10). The van der Waals surface area contributed by atoms with Gasteiger partial charge in [-0.15, -0.1) is 0 Å². The van der Waals surface area contributed by atoms with Crippen molar-refractivity contribution in [2.24, 2.45) is 11.5 Å². The van der Waals surface area contributed by atoms with Crippen molar-refractivity contribution in [3.05, 3.63) is 0 Å². The molecule has 0 aromatic rings. The quantitative estimate of drug-likeness (QED) is 0.0740. The van der Waals surface area contributed by atoms with Crippen LogP contribution in [0.4, 0.5) is 0 Å². The van der Waals surface area contributed by atoms with Crippen molar-refractivity contribution in [1.82, 2.24) is 5.32 Å². The molecular weight excluding hydrogens is 424 g/mol. The van der Waals surface area contributed by atoms with E-state index in [2.05, 4.69) is 12.2 Å². The lowest BCUT2D eigenvalue weighted by molar-refractivity contribution is -0.147. The number of hydrogen-bond donors (Lipinski definition) is 7. The molecule has 0 bridgehead atoms. The summed E-state index contributed by atoms with van der Waals surface area (Å²) in [6.07, 6.45) is 18.2. The van der Waals surface area contributed by atoms with Crippen LogP contribution in [0.3, 0.4) is 0 Å². The Morgan fingerprint density at radius 1 is 0.758 bits per heavy atom. The minimum absolute atomic E-state index is 0.112. The van der Waals surface area contributed by atoms with E-state index in [1.165, 1.54) is 77.0 Å². The number of hydrogen-bond acceptors (Lipinski definition) is 5. The van der Waals surface area contributed by atoms with E-state index in [1.807, 2.05) is 0 Å². The zero-order valence-corrected chi connectivity index (χ0v) is 20.7. The smallest absolute Gasteiger partial charge is 0.332 e. The Kier molecular flexibility index (Phi) is 25.0. The van der Waals surface area contributed by atoms with Gasteiger partial charge in [0.1, 0.15) is 6.04 Å². The SMILES string of the molecule is CCCCCCCCCCCCCCCCC(O)C(=O)O.N=C(N)NCCCC(N)C(=O)O. The number of carboxylic acids is 2. The van der Waals surface area contributed by atoms with E-state index in [9.17, 15) is 9.59 Å². The van der Waals surface area contributed by atoms with Gasteiger partial charge in [-0.1, -0.05) is 96.8 Å². The number of unbranched alkanes of at least 4 members (excludes halogenated alkanes) is 13. The van der Waals surface area contributed by atoms with Crippen LogP contribution < -0.4 is 16.8 Å². The largest absolute Gasteiger partial charge is 0.480 e. The molecule has 0 rings (SSSR count). The summed E-state index contributed by atoms with van der Waals surface area (Å²) in [6, 6.07) is -0.821. The van der Waals surface area contributed by atoms with Crippen LogP contribution in [-0.2, 0) is 9.59 Å². The zero-order chi connectivity index (χ0) is 25.3. The fraction of sp³-hybridized carbons (Fsp3) is 0.875. The number of nitrogens with two attached hydrogens (primary N) is 2. The molecule has 9 N–H and O–H groups in total. The third-order valence-corrected chi connectivity index (χ3v) is 5.44. The molecule has 0 heterocycles. The van der Waals surface area contributed by atoms with Crippen LogP contribution in [0.2, 0.25) is 0 Å². The summed E-state index contributed by atoms with van der Waals surface area (Å²) in [5.74, 6) is -2.21. The van der Waals surface area contributed by atoms with E-state index in [-0.39, 0.29) is 5.96 Å². The fourth-order valence-corrected chi connectivity index (χ4v) is 3.32. The van der Waals surface area contributed by atoms with Crippen molar-refractivity contribution in [3.63, 3.8) is 0 Å². The van der Waals surface area contributed by atoms with E-state index < -0.39 is 24.1 Å². The molecule has 0 aromatic carbocycles. The lowest BCUT2D eigenvalue weighted by atomic mass is 10.0. The Labute approximate surface area is 200 Å². The number of carbonyl (C=O) groups is 2. The molecule has 2 atom stereocenters. The van der Waals surface area contributed by atoms with Crippen LogP contribution in [-0.4, -0.2) is 51.9 Å². The van der Waals surface area contributed by atoms with Crippen LogP contribution >= 0.6 is 0 Å². The first kappa shape index (κ1) is 33.3. The summed E-state index contributed by atoms with van der Waals surface area (Å²) in [4.78, 5) is 20.6. The predicted molar refractivity (Wildman–Crippen MR) is 133 cm³/mol. The molecule has 196 valence electrons. The monoisotopic (exact) mass is 474 g/mol. The lowest BCUT2D eigenvalue weighted by Crippen LogP contribution is -2.34. The molecule has 0 radical (unpaired) electrons. The highest BCUT2D eigenvalue weighted by Crippen LogP contribution is 2.13. The second-order valence-electron chi connectivity index (χ2n) is 8.67. The van der Waals surface area contributed by atoms with E-state index in [4.69, 9.17) is 32.2 Å². The molecule has 0 saturated heterocycles. The van der Waals surface area contributed by atoms with Gasteiger partial charge in [0.2, 0.25) is 0 Å². The van der Waals surface area contributed by atoms with Gasteiger partial charge in [-0.3, -0.25) is 10.2 Å². The summed E-state index contributed by atoms with van der Waals surface area (Å²) in [6.45, 7) is 2.74. The molecule has 0 aliphatic rings. The van der Waals surface area contributed by atoms with Crippen LogP contribution in [0.1, 0.15) is 116 Å². The first-order valence-corrected chi connectivity index (χ1v) is 12.7. The van der Waals surface area contributed by atoms with Gasteiger partial charge in [-0.25, -0.2) is 4.79 Å². The van der Waals surface area contributed by atoms with Gasteiger partial charge in [0.15, 0.2) is 12.1 Å². The third-order valence-electron chi connectivity index (χ3n) is 5.44. The maximum absolute atomic E-state index is 10.4. The Morgan fingerprint density at radius 2 is 1.18 bits per heavy atom. The van der Waals surface area contributed by atoms with Crippen LogP contribution in [0.15, 0.2) is 0 Å². The highest BCUT2D eigenvalue weighted by Gasteiger charge is 2.11. The molecule has 0 aliphatic carbocycles.